The van der Waals surface area contributed by atoms with Crippen molar-refractivity contribution < 1.29 is 27.9 Å². The third-order valence-corrected chi connectivity index (χ3v) is 7.21. The number of allylic oxidation sites excluding steroid dienone is 2. The van der Waals surface area contributed by atoms with E-state index in [1.807, 2.05) is 26.9 Å². The molecule has 1 unspecified atom stereocenters. The van der Waals surface area contributed by atoms with E-state index >= 15 is 0 Å². The number of rotatable bonds is 8. The van der Waals surface area contributed by atoms with Crippen LogP contribution in [0.25, 0.3) is 0 Å². The van der Waals surface area contributed by atoms with Crippen LogP contribution in [0.1, 0.15) is 40.1 Å². The largest absolute Gasteiger partial charge is 0.475 e. The summed E-state index contributed by atoms with van der Waals surface area (Å²) in [5.74, 6) is -1.66. The lowest BCUT2D eigenvalue weighted by molar-refractivity contribution is -0.138. The molecule has 0 spiro atoms. The number of aromatic carboxylic acids is 1. The molecule has 2 aromatic rings. The number of carboxylic acids is 1. The quantitative estimate of drug-likeness (QED) is 0.148. The molecule has 1 aliphatic heterocycles. The fourth-order valence-electron chi connectivity index (χ4n) is 3.66. The molecule has 182 valence electrons. The first kappa shape index (κ1) is 26.4. The number of carbonyl (C=O) groups is 2. The average Bonchev–Trinajstić information content (AvgIpc) is 3.14. The Hall–Kier alpha value is -2.18. The van der Waals surface area contributed by atoms with Crippen LogP contribution in [-0.2, 0) is 30.5 Å². The minimum atomic E-state index is -4.57. The lowest BCUT2D eigenvalue weighted by atomic mass is 10.1. The molecule has 8 nitrogen and oxygen atoms in total. The van der Waals surface area contributed by atoms with Gasteiger partial charge < -0.3 is 14.6 Å². The van der Waals surface area contributed by atoms with Crippen molar-refractivity contribution in [3.63, 3.8) is 0 Å². The van der Waals surface area contributed by atoms with Gasteiger partial charge in [0.05, 0.1) is 42.6 Å². The minimum absolute atomic E-state index is 0.0435. The van der Waals surface area contributed by atoms with Gasteiger partial charge in [-0.25, -0.2) is 14.6 Å². The van der Waals surface area contributed by atoms with E-state index in [-0.39, 0.29) is 30.9 Å². The summed E-state index contributed by atoms with van der Waals surface area (Å²) in [6.45, 7) is 1.97. The lowest BCUT2D eigenvalue weighted by Crippen LogP contribution is -2.32. The molecule has 1 atom stereocenters. The summed E-state index contributed by atoms with van der Waals surface area (Å²) >= 11 is 8.25. The third kappa shape index (κ3) is 5.89. The highest BCUT2D eigenvalue weighted by atomic mass is 127. The van der Waals surface area contributed by atoms with Crippen molar-refractivity contribution in [3.8, 4) is 0 Å². The molecule has 0 bridgehead atoms. The number of carboxylic acid groups (broad SMARTS) is 1. The molecule has 1 aromatic heterocycles. The van der Waals surface area contributed by atoms with Crippen LogP contribution in [0.2, 0.25) is 0 Å². The SMILES string of the molecule is C/C(Cl)=C(\C=N/N(C=O)PI)N1CCc2c(nc(C(=O)O)n2Cc2ccccc2C(F)(F)F)C1. The van der Waals surface area contributed by atoms with E-state index in [0.717, 1.165) is 6.07 Å². The van der Waals surface area contributed by atoms with Crippen LogP contribution >= 0.6 is 40.0 Å². The van der Waals surface area contributed by atoms with Gasteiger partial charge in [0.25, 0.3) is 0 Å². The molecule has 1 N–H and O–H groups in total. The van der Waals surface area contributed by atoms with Crippen molar-refractivity contribution in [2.75, 3.05) is 6.54 Å². The fourth-order valence-corrected chi connectivity index (χ4v) is 4.69. The Morgan fingerprint density at radius 2 is 2.12 bits per heavy atom. The van der Waals surface area contributed by atoms with Crippen molar-refractivity contribution in [2.45, 2.75) is 32.6 Å². The van der Waals surface area contributed by atoms with Gasteiger partial charge in [-0.1, -0.05) is 29.8 Å². The Morgan fingerprint density at radius 3 is 2.71 bits per heavy atom. The predicted octanol–water partition coefficient (Wildman–Crippen LogP) is 4.86. The Morgan fingerprint density at radius 1 is 1.41 bits per heavy atom. The molecule has 0 fully saturated rings. The second-order valence-corrected chi connectivity index (χ2v) is 9.89. The van der Waals surface area contributed by atoms with Gasteiger partial charge in [-0.05, 0) is 40.6 Å². The fraction of sp³-hybridized carbons (Fsp3) is 0.300. The first-order valence-electron chi connectivity index (χ1n) is 9.79. The van der Waals surface area contributed by atoms with Crippen LogP contribution < -0.4 is 0 Å². The standard InChI is InChI=1S/C20H19ClF3IN5O3P/c1-12(21)17(8-26-30(11-31)34-25)28-7-6-16-15(10-28)27-18(19(32)33)29(16)9-13-4-2-3-5-14(13)20(22,23)24/h2-5,8,11,34H,6-7,9-10H2,1H3,(H,32,33)/b17-12-,26-8-. The maximum absolute atomic E-state index is 13.5. The summed E-state index contributed by atoms with van der Waals surface area (Å²) in [6, 6.07) is 5.07. The Labute approximate surface area is 212 Å². The summed E-state index contributed by atoms with van der Waals surface area (Å²) < 4.78 is 42.9. The zero-order chi connectivity index (χ0) is 25.0. The van der Waals surface area contributed by atoms with Gasteiger partial charge in [-0.3, -0.25) is 4.79 Å². The molecular formula is C20H19ClF3IN5O3P. The van der Waals surface area contributed by atoms with E-state index in [4.69, 9.17) is 11.6 Å². The maximum atomic E-state index is 13.5. The smallest absolute Gasteiger partial charge is 0.416 e. The second kappa shape index (κ2) is 11.0. The molecular weight excluding hydrogens is 609 g/mol. The number of nitrogens with zero attached hydrogens (tertiary/aromatic N) is 5. The average molecular weight is 628 g/mol. The summed E-state index contributed by atoms with van der Waals surface area (Å²) in [6.07, 6.45) is -2.12. The highest BCUT2D eigenvalue weighted by Crippen LogP contribution is 2.33. The predicted molar refractivity (Wildman–Crippen MR) is 131 cm³/mol. The monoisotopic (exact) mass is 627 g/mol. The molecule has 3 rings (SSSR count). The maximum Gasteiger partial charge on any atom is 0.416 e. The second-order valence-electron chi connectivity index (χ2n) is 7.24. The van der Waals surface area contributed by atoms with Crippen LogP contribution in [0, 0.1) is 0 Å². The van der Waals surface area contributed by atoms with E-state index in [0.29, 0.717) is 41.5 Å². The number of halogens is 5. The van der Waals surface area contributed by atoms with E-state index in [2.05, 4.69) is 10.1 Å². The summed E-state index contributed by atoms with van der Waals surface area (Å²) in [4.78, 5) is 28.9. The molecule has 0 radical (unpaired) electrons. The van der Waals surface area contributed by atoms with Crippen molar-refractivity contribution in [2.24, 2.45) is 5.10 Å². The molecule has 1 amide bonds. The Bertz CT molecular complexity index is 1150. The molecule has 14 heteroatoms. The molecule has 0 aliphatic carbocycles. The number of amides is 1. The van der Waals surface area contributed by atoms with Crippen LogP contribution in [0.4, 0.5) is 13.2 Å². The number of hydrogen-bond acceptors (Lipinski definition) is 5. The van der Waals surface area contributed by atoms with E-state index in [1.54, 1.807) is 6.92 Å². The van der Waals surface area contributed by atoms with E-state index in [9.17, 15) is 27.9 Å². The molecule has 0 saturated heterocycles. The topological polar surface area (TPSA) is 91.0 Å². The van der Waals surface area contributed by atoms with Crippen molar-refractivity contribution >= 4 is 58.6 Å². The Balaban J connectivity index is 1.96. The third-order valence-electron chi connectivity index (χ3n) is 5.14. The lowest BCUT2D eigenvalue weighted by Gasteiger charge is -2.30. The van der Waals surface area contributed by atoms with Crippen LogP contribution in [0.15, 0.2) is 40.1 Å². The number of hydrazone groups is 1. The van der Waals surface area contributed by atoms with Crippen LogP contribution in [0.3, 0.4) is 0 Å². The molecule has 1 aromatic carbocycles. The molecule has 0 saturated carbocycles. The van der Waals surface area contributed by atoms with Crippen LogP contribution in [0.5, 0.6) is 0 Å². The van der Waals surface area contributed by atoms with Gasteiger partial charge in [-0.2, -0.15) is 18.3 Å². The first-order valence-corrected chi connectivity index (χ1v) is 14.2. The number of hydrogen-bond donors (Lipinski definition) is 1. The molecule has 34 heavy (non-hydrogen) atoms. The van der Waals surface area contributed by atoms with Crippen molar-refractivity contribution in [1.82, 2.24) is 19.2 Å². The highest BCUT2D eigenvalue weighted by Gasteiger charge is 2.34. The van der Waals surface area contributed by atoms with Gasteiger partial charge in [0.1, 0.15) is 0 Å². The highest BCUT2D eigenvalue weighted by molar-refractivity contribution is 14.2. The number of aromatic nitrogens is 2. The van der Waals surface area contributed by atoms with Gasteiger partial charge in [0.2, 0.25) is 12.2 Å². The first-order chi connectivity index (χ1) is 16.1. The van der Waals surface area contributed by atoms with E-state index in [1.165, 1.54) is 33.8 Å². The molecule has 1 aliphatic rings. The molecule has 2 heterocycles. The summed E-state index contributed by atoms with van der Waals surface area (Å²) in [5, 5.41) is 14.2. The number of carbonyl (C=O) groups excluding carboxylic acids is 1. The summed E-state index contributed by atoms with van der Waals surface area (Å²) in [7, 11) is 0. The number of benzene rings is 1. The minimum Gasteiger partial charge on any atom is -0.475 e. The van der Waals surface area contributed by atoms with Crippen molar-refractivity contribution in [3.05, 3.63) is 63.3 Å². The number of fused-ring (bicyclic) bond motifs is 1. The van der Waals surface area contributed by atoms with Gasteiger partial charge in [0, 0.05) is 23.7 Å². The number of alkyl halides is 3. The van der Waals surface area contributed by atoms with Gasteiger partial charge in [0.15, 0.2) is 0 Å². The zero-order valence-electron chi connectivity index (χ0n) is 17.7. The van der Waals surface area contributed by atoms with E-state index < -0.39 is 17.7 Å². The zero-order valence-corrected chi connectivity index (χ0v) is 21.6. The normalized spacial score (nSPS) is 15.1. The van der Waals surface area contributed by atoms with Crippen LogP contribution in [-0.4, -0.2) is 49.5 Å². The Kier molecular flexibility index (Phi) is 8.58. The van der Waals surface area contributed by atoms with Gasteiger partial charge in [-0.15, -0.1) is 0 Å². The van der Waals surface area contributed by atoms with Gasteiger partial charge >= 0.3 is 12.1 Å². The summed E-state index contributed by atoms with van der Waals surface area (Å²) in [5.41, 5.74) is 0.652. The number of imidazole rings is 1. The van der Waals surface area contributed by atoms with Crippen molar-refractivity contribution in [1.29, 1.82) is 0 Å².